The van der Waals surface area contributed by atoms with E-state index in [9.17, 15) is 4.79 Å². The second-order valence-electron chi connectivity index (χ2n) is 7.37. The van der Waals surface area contributed by atoms with Gasteiger partial charge in [-0.3, -0.25) is 9.79 Å². The number of nitrogens with one attached hydrogen (secondary N) is 2. The van der Waals surface area contributed by atoms with Gasteiger partial charge < -0.3 is 15.5 Å². The molecule has 140 valence electrons. The van der Waals surface area contributed by atoms with E-state index in [0.717, 1.165) is 38.2 Å². The summed E-state index contributed by atoms with van der Waals surface area (Å²) in [6.07, 6.45) is 6.78. The number of guanidine groups is 1. The van der Waals surface area contributed by atoms with Crippen molar-refractivity contribution in [3.8, 4) is 0 Å². The number of hydrogen-bond donors (Lipinski definition) is 2. The van der Waals surface area contributed by atoms with E-state index in [1.54, 1.807) is 11.9 Å². The number of carbonyl (C=O) groups is 1. The van der Waals surface area contributed by atoms with Gasteiger partial charge in [-0.1, -0.05) is 12.8 Å². The molecule has 2 rings (SSSR count). The third-order valence-corrected chi connectivity index (χ3v) is 6.71. The Labute approximate surface area is 168 Å². The number of thioether (sulfide) groups is 1. The van der Waals surface area contributed by atoms with Gasteiger partial charge in [0.25, 0.3) is 0 Å². The lowest BCUT2D eigenvalue weighted by atomic mass is 9.84. The Kier molecular flexibility index (Phi) is 8.65. The molecular formula is C17H33IN4OS. The quantitative estimate of drug-likeness (QED) is 0.370. The Morgan fingerprint density at radius 3 is 2.25 bits per heavy atom. The number of hydrogen-bond acceptors (Lipinski definition) is 3. The van der Waals surface area contributed by atoms with Gasteiger partial charge in [0.05, 0.1) is 5.41 Å². The monoisotopic (exact) mass is 468 g/mol. The van der Waals surface area contributed by atoms with E-state index in [0.29, 0.717) is 11.3 Å². The van der Waals surface area contributed by atoms with Gasteiger partial charge in [-0.05, 0) is 38.4 Å². The summed E-state index contributed by atoms with van der Waals surface area (Å²) in [6.45, 7) is 3.92. The van der Waals surface area contributed by atoms with Crippen molar-refractivity contribution in [1.29, 1.82) is 0 Å². The molecule has 0 spiro atoms. The number of amides is 1. The van der Waals surface area contributed by atoms with Crippen LogP contribution in [0, 0.1) is 5.41 Å². The van der Waals surface area contributed by atoms with E-state index in [1.807, 2.05) is 25.9 Å². The molecule has 0 radical (unpaired) electrons. The lowest BCUT2D eigenvalue weighted by Gasteiger charge is -2.32. The molecule has 7 heteroatoms. The second kappa shape index (κ2) is 9.50. The number of aliphatic imine (C=N–C) groups is 1. The maximum absolute atomic E-state index is 12.6. The van der Waals surface area contributed by atoms with E-state index in [-0.39, 0.29) is 35.3 Å². The molecule has 1 atom stereocenters. The first-order valence-electron chi connectivity index (χ1n) is 8.71. The fourth-order valence-corrected chi connectivity index (χ4v) is 4.96. The van der Waals surface area contributed by atoms with Crippen LogP contribution in [0.3, 0.4) is 0 Å². The SMILES string of the molecule is CN=C(NCC1(C)CCCS1)NCC1(C(=O)N(C)C)CCCC1.I. The van der Waals surface area contributed by atoms with Crippen molar-refractivity contribution >= 4 is 47.6 Å². The zero-order valence-corrected chi connectivity index (χ0v) is 18.6. The number of halogens is 1. The van der Waals surface area contributed by atoms with Gasteiger partial charge in [-0.2, -0.15) is 11.8 Å². The summed E-state index contributed by atoms with van der Waals surface area (Å²) in [6, 6.07) is 0. The van der Waals surface area contributed by atoms with Crippen LogP contribution in [0.25, 0.3) is 0 Å². The molecule has 2 N–H and O–H groups in total. The Hall–Kier alpha value is -0.180. The first kappa shape index (κ1) is 21.9. The van der Waals surface area contributed by atoms with Crippen LogP contribution in [0.15, 0.2) is 4.99 Å². The molecule has 1 saturated carbocycles. The topological polar surface area (TPSA) is 56.7 Å². The Morgan fingerprint density at radius 1 is 1.12 bits per heavy atom. The summed E-state index contributed by atoms with van der Waals surface area (Å²) in [5.74, 6) is 2.32. The van der Waals surface area contributed by atoms with Gasteiger partial charge in [0.1, 0.15) is 0 Å². The molecule has 0 aromatic heterocycles. The van der Waals surface area contributed by atoms with E-state index < -0.39 is 0 Å². The molecule has 1 heterocycles. The molecule has 1 aliphatic heterocycles. The molecule has 1 amide bonds. The molecular weight excluding hydrogens is 435 g/mol. The zero-order chi connectivity index (χ0) is 16.9. The molecule has 2 aliphatic rings. The highest BCUT2D eigenvalue weighted by Gasteiger charge is 2.42. The number of rotatable bonds is 5. The third-order valence-electron chi connectivity index (χ3n) is 5.17. The van der Waals surface area contributed by atoms with Crippen molar-refractivity contribution in [2.75, 3.05) is 40.0 Å². The number of carbonyl (C=O) groups excluding carboxylic acids is 1. The largest absolute Gasteiger partial charge is 0.355 e. The lowest BCUT2D eigenvalue weighted by Crippen LogP contribution is -2.50. The molecule has 0 aromatic rings. The van der Waals surface area contributed by atoms with Crippen molar-refractivity contribution in [1.82, 2.24) is 15.5 Å². The van der Waals surface area contributed by atoms with Gasteiger partial charge in [0.2, 0.25) is 5.91 Å². The molecule has 1 unspecified atom stereocenters. The predicted molar refractivity (Wildman–Crippen MR) is 114 cm³/mol. The minimum atomic E-state index is -0.257. The highest BCUT2D eigenvalue weighted by molar-refractivity contribution is 14.0. The van der Waals surface area contributed by atoms with E-state index in [4.69, 9.17) is 0 Å². The second-order valence-corrected chi connectivity index (χ2v) is 9.05. The van der Waals surface area contributed by atoms with E-state index in [2.05, 4.69) is 22.5 Å². The highest BCUT2D eigenvalue weighted by Crippen LogP contribution is 2.39. The predicted octanol–water partition coefficient (Wildman–Crippen LogP) is 2.70. The van der Waals surface area contributed by atoms with Crippen LogP contribution in [0.4, 0.5) is 0 Å². The van der Waals surface area contributed by atoms with Crippen LogP contribution in [-0.4, -0.2) is 61.5 Å². The van der Waals surface area contributed by atoms with Crippen LogP contribution in [0.5, 0.6) is 0 Å². The van der Waals surface area contributed by atoms with Crippen LogP contribution in [-0.2, 0) is 4.79 Å². The molecule has 1 aliphatic carbocycles. The van der Waals surface area contributed by atoms with Gasteiger partial charge in [-0.15, -0.1) is 24.0 Å². The third kappa shape index (κ3) is 5.41. The molecule has 2 fully saturated rings. The average Bonchev–Trinajstić information content (AvgIpc) is 3.17. The lowest BCUT2D eigenvalue weighted by molar-refractivity contribution is -0.138. The van der Waals surface area contributed by atoms with Crippen LogP contribution in [0.2, 0.25) is 0 Å². The van der Waals surface area contributed by atoms with Crippen molar-refractivity contribution in [2.45, 2.75) is 50.2 Å². The minimum absolute atomic E-state index is 0. The summed E-state index contributed by atoms with van der Waals surface area (Å²) < 4.78 is 0.308. The van der Waals surface area contributed by atoms with Crippen molar-refractivity contribution < 1.29 is 4.79 Å². The average molecular weight is 468 g/mol. The molecule has 5 nitrogen and oxygen atoms in total. The van der Waals surface area contributed by atoms with Gasteiger partial charge in [0, 0.05) is 39.0 Å². The summed E-state index contributed by atoms with van der Waals surface area (Å²) in [5, 5.41) is 6.87. The molecule has 0 aromatic carbocycles. The standard InChI is InChI=1S/C17H32N4OS.HI/c1-16(8-7-11-23-16)12-19-15(18-2)20-13-17(9-5-6-10-17)14(22)21(3)4;/h5-13H2,1-4H3,(H2,18,19,20);1H. The Balaban J connectivity index is 0.00000288. The van der Waals surface area contributed by atoms with Crippen molar-refractivity contribution in [3.63, 3.8) is 0 Å². The summed E-state index contributed by atoms with van der Waals surface area (Å²) in [5.41, 5.74) is -0.257. The fourth-order valence-electron chi connectivity index (χ4n) is 3.71. The van der Waals surface area contributed by atoms with Crippen LogP contribution < -0.4 is 10.6 Å². The maximum atomic E-state index is 12.6. The first-order valence-corrected chi connectivity index (χ1v) is 9.70. The molecule has 24 heavy (non-hydrogen) atoms. The van der Waals surface area contributed by atoms with Crippen molar-refractivity contribution in [3.05, 3.63) is 0 Å². The smallest absolute Gasteiger partial charge is 0.230 e. The van der Waals surface area contributed by atoms with Gasteiger partial charge in [0.15, 0.2) is 5.96 Å². The van der Waals surface area contributed by atoms with E-state index >= 15 is 0 Å². The molecule has 0 bridgehead atoms. The normalized spacial score (nSPS) is 25.9. The van der Waals surface area contributed by atoms with Crippen LogP contribution in [0.1, 0.15) is 45.4 Å². The van der Waals surface area contributed by atoms with Crippen molar-refractivity contribution in [2.24, 2.45) is 10.4 Å². The zero-order valence-electron chi connectivity index (χ0n) is 15.5. The Bertz CT molecular complexity index is 444. The fraction of sp³-hybridized carbons (Fsp3) is 0.882. The van der Waals surface area contributed by atoms with E-state index in [1.165, 1.54) is 18.6 Å². The molecule has 1 saturated heterocycles. The maximum Gasteiger partial charge on any atom is 0.230 e. The summed E-state index contributed by atoms with van der Waals surface area (Å²) in [7, 11) is 5.51. The summed E-state index contributed by atoms with van der Waals surface area (Å²) >= 11 is 2.04. The van der Waals surface area contributed by atoms with Crippen LogP contribution >= 0.6 is 35.7 Å². The highest BCUT2D eigenvalue weighted by atomic mass is 127. The minimum Gasteiger partial charge on any atom is -0.355 e. The first-order chi connectivity index (χ1) is 10.9. The number of nitrogens with zero attached hydrogens (tertiary/aromatic N) is 2. The van der Waals surface area contributed by atoms with Gasteiger partial charge in [-0.25, -0.2) is 0 Å². The van der Waals surface area contributed by atoms with Gasteiger partial charge >= 0.3 is 0 Å². The Morgan fingerprint density at radius 2 is 1.75 bits per heavy atom. The summed E-state index contributed by atoms with van der Waals surface area (Å²) in [4.78, 5) is 18.7.